The van der Waals surface area contributed by atoms with Crippen LogP contribution in [0.15, 0.2) is 48.5 Å². The van der Waals surface area contributed by atoms with E-state index >= 15 is 0 Å². The van der Waals surface area contributed by atoms with E-state index in [0.717, 1.165) is 60.7 Å². The second-order valence-corrected chi connectivity index (χ2v) is 7.69. The maximum atomic E-state index is 12.9. The van der Waals surface area contributed by atoms with Gasteiger partial charge in [0.15, 0.2) is 5.82 Å². The van der Waals surface area contributed by atoms with Gasteiger partial charge in [0.05, 0.1) is 5.56 Å². The molecular weight excluding hydrogens is 391 g/mol. The Bertz CT molecular complexity index is 1060. The predicted molar refractivity (Wildman–Crippen MR) is 107 cm³/mol. The number of aromatic nitrogens is 3. The molecule has 0 saturated heterocycles. The summed E-state index contributed by atoms with van der Waals surface area (Å²) in [5.41, 5.74) is 1.35. The Morgan fingerprint density at radius 1 is 0.933 bits per heavy atom. The van der Waals surface area contributed by atoms with Gasteiger partial charge < -0.3 is 4.57 Å². The van der Waals surface area contributed by atoms with Gasteiger partial charge in [-0.2, -0.15) is 13.2 Å². The first-order chi connectivity index (χ1) is 14.4. The van der Waals surface area contributed by atoms with E-state index in [1.807, 2.05) is 24.3 Å². The van der Waals surface area contributed by atoms with Crippen molar-refractivity contribution in [2.24, 2.45) is 0 Å². The van der Waals surface area contributed by atoms with Crippen LogP contribution in [0.25, 0.3) is 11.4 Å². The van der Waals surface area contributed by atoms with Gasteiger partial charge in [-0.1, -0.05) is 42.8 Å². The zero-order chi connectivity index (χ0) is 21.1. The third-order valence-electron chi connectivity index (χ3n) is 5.35. The van der Waals surface area contributed by atoms with Gasteiger partial charge in [-0.3, -0.25) is 4.79 Å². The van der Waals surface area contributed by atoms with E-state index in [2.05, 4.69) is 14.8 Å². The SMILES string of the molecule is O=C(Cc1cccc(-c2nnc3n2CCCCC3)c1)Cc1cccc(C(F)(F)F)c1. The Morgan fingerprint density at radius 3 is 2.43 bits per heavy atom. The smallest absolute Gasteiger partial charge is 0.311 e. The topological polar surface area (TPSA) is 47.8 Å². The highest BCUT2D eigenvalue weighted by atomic mass is 19.4. The largest absolute Gasteiger partial charge is 0.416 e. The number of ketones is 1. The summed E-state index contributed by atoms with van der Waals surface area (Å²) in [5, 5.41) is 8.67. The first kappa shape index (κ1) is 20.3. The molecule has 0 radical (unpaired) electrons. The molecule has 156 valence electrons. The molecule has 1 aliphatic heterocycles. The molecular formula is C23H22F3N3O. The van der Waals surface area contributed by atoms with E-state index in [4.69, 9.17) is 0 Å². The minimum Gasteiger partial charge on any atom is -0.311 e. The minimum atomic E-state index is -4.41. The molecule has 0 fully saturated rings. The average molecular weight is 413 g/mol. The highest BCUT2D eigenvalue weighted by Gasteiger charge is 2.30. The van der Waals surface area contributed by atoms with Crippen molar-refractivity contribution >= 4 is 5.78 Å². The maximum Gasteiger partial charge on any atom is 0.416 e. The van der Waals surface area contributed by atoms with Crippen molar-refractivity contribution in [2.75, 3.05) is 0 Å². The van der Waals surface area contributed by atoms with E-state index in [1.165, 1.54) is 12.5 Å². The number of fused-ring (bicyclic) bond motifs is 1. The average Bonchev–Trinajstić information content (AvgIpc) is 2.96. The second kappa shape index (κ2) is 8.42. The third-order valence-corrected chi connectivity index (χ3v) is 5.35. The van der Waals surface area contributed by atoms with Crippen LogP contribution >= 0.6 is 0 Å². The Morgan fingerprint density at radius 2 is 1.67 bits per heavy atom. The number of halogens is 3. The lowest BCUT2D eigenvalue weighted by molar-refractivity contribution is -0.137. The van der Waals surface area contributed by atoms with Crippen molar-refractivity contribution in [1.29, 1.82) is 0 Å². The molecule has 7 heteroatoms. The van der Waals surface area contributed by atoms with E-state index < -0.39 is 11.7 Å². The van der Waals surface area contributed by atoms with Crippen LogP contribution in [-0.4, -0.2) is 20.5 Å². The first-order valence-corrected chi connectivity index (χ1v) is 10.1. The van der Waals surface area contributed by atoms with Gasteiger partial charge >= 0.3 is 6.18 Å². The molecule has 1 aromatic heterocycles. The Kier molecular flexibility index (Phi) is 5.70. The van der Waals surface area contributed by atoms with Gasteiger partial charge in [-0.15, -0.1) is 10.2 Å². The number of hydrogen-bond donors (Lipinski definition) is 0. The van der Waals surface area contributed by atoms with Crippen molar-refractivity contribution in [2.45, 2.75) is 51.2 Å². The summed E-state index contributed by atoms with van der Waals surface area (Å²) >= 11 is 0. The van der Waals surface area contributed by atoms with Gasteiger partial charge in [0.1, 0.15) is 11.6 Å². The van der Waals surface area contributed by atoms with E-state index in [0.29, 0.717) is 5.56 Å². The lowest BCUT2D eigenvalue weighted by Crippen LogP contribution is -2.09. The number of hydrogen-bond acceptors (Lipinski definition) is 3. The van der Waals surface area contributed by atoms with E-state index in [9.17, 15) is 18.0 Å². The number of aryl methyl sites for hydroxylation is 1. The monoisotopic (exact) mass is 413 g/mol. The van der Waals surface area contributed by atoms with Crippen LogP contribution < -0.4 is 0 Å². The number of nitrogens with zero attached hydrogens (tertiary/aromatic N) is 3. The molecule has 3 aromatic rings. The molecule has 0 bridgehead atoms. The van der Waals surface area contributed by atoms with Gasteiger partial charge in [0.2, 0.25) is 0 Å². The molecule has 0 spiro atoms. The molecule has 1 aliphatic rings. The normalized spacial score (nSPS) is 14.2. The van der Waals surface area contributed by atoms with Crippen LogP contribution in [0, 0.1) is 0 Å². The van der Waals surface area contributed by atoms with Crippen LogP contribution in [-0.2, 0) is 36.8 Å². The van der Waals surface area contributed by atoms with Crippen LogP contribution in [0.5, 0.6) is 0 Å². The molecule has 4 rings (SSSR count). The quantitative estimate of drug-likeness (QED) is 0.589. The highest BCUT2D eigenvalue weighted by Crippen LogP contribution is 2.30. The fourth-order valence-electron chi connectivity index (χ4n) is 3.89. The third kappa shape index (κ3) is 4.61. The molecule has 2 heterocycles. The van der Waals surface area contributed by atoms with Crippen LogP contribution in [0.4, 0.5) is 13.2 Å². The van der Waals surface area contributed by atoms with Gasteiger partial charge in [-0.25, -0.2) is 0 Å². The molecule has 0 amide bonds. The summed E-state index contributed by atoms with van der Waals surface area (Å²) in [4.78, 5) is 12.5. The van der Waals surface area contributed by atoms with E-state index in [-0.39, 0.29) is 18.6 Å². The summed E-state index contributed by atoms with van der Waals surface area (Å²) in [6, 6.07) is 12.5. The summed E-state index contributed by atoms with van der Waals surface area (Å²) in [7, 11) is 0. The fraction of sp³-hybridized carbons (Fsp3) is 0.348. The fourth-order valence-corrected chi connectivity index (χ4v) is 3.89. The molecule has 0 atom stereocenters. The zero-order valence-electron chi connectivity index (χ0n) is 16.5. The molecule has 0 aliphatic carbocycles. The molecule has 4 nitrogen and oxygen atoms in total. The summed E-state index contributed by atoms with van der Waals surface area (Å²) < 4.78 is 40.8. The van der Waals surface area contributed by atoms with Crippen molar-refractivity contribution in [3.63, 3.8) is 0 Å². The maximum absolute atomic E-state index is 12.9. The molecule has 2 aromatic carbocycles. The molecule has 0 N–H and O–H groups in total. The minimum absolute atomic E-state index is 0.0333. The highest BCUT2D eigenvalue weighted by molar-refractivity contribution is 5.83. The predicted octanol–water partition coefficient (Wildman–Crippen LogP) is 5.04. The van der Waals surface area contributed by atoms with Crippen LogP contribution in [0.1, 0.15) is 41.8 Å². The number of Topliss-reactive ketones (excluding diaryl/α,β-unsaturated/α-hetero) is 1. The van der Waals surface area contributed by atoms with Crippen molar-refractivity contribution in [3.8, 4) is 11.4 Å². The summed E-state index contributed by atoms with van der Waals surface area (Å²) in [5.74, 6) is 1.67. The van der Waals surface area contributed by atoms with Crippen molar-refractivity contribution in [3.05, 3.63) is 71.0 Å². The standard InChI is InChI=1S/C23H22F3N3O/c24-23(25,26)19-9-5-7-17(13-19)15-20(30)14-16-6-4-8-18(12-16)22-28-27-21-10-2-1-3-11-29(21)22/h4-9,12-13H,1-3,10-11,14-15H2. The Hall–Kier alpha value is -2.96. The zero-order valence-corrected chi connectivity index (χ0v) is 16.5. The van der Waals surface area contributed by atoms with Crippen LogP contribution in [0.3, 0.4) is 0 Å². The summed E-state index contributed by atoms with van der Waals surface area (Å²) in [6.07, 6.45) is 0.00761. The van der Waals surface area contributed by atoms with Gasteiger partial charge in [-0.05, 0) is 36.1 Å². The van der Waals surface area contributed by atoms with Crippen LogP contribution in [0.2, 0.25) is 0 Å². The van der Waals surface area contributed by atoms with E-state index in [1.54, 1.807) is 6.07 Å². The lowest BCUT2D eigenvalue weighted by Gasteiger charge is -2.09. The number of benzene rings is 2. The Labute approximate surface area is 172 Å². The van der Waals surface area contributed by atoms with Crippen molar-refractivity contribution in [1.82, 2.24) is 14.8 Å². The number of carbonyl (C=O) groups is 1. The lowest BCUT2D eigenvalue weighted by atomic mass is 10.00. The molecule has 0 unspecified atom stereocenters. The first-order valence-electron chi connectivity index (χ1n) is 10.1. The molecule has 0 saturated carbocycles. The molecule has 30 heavy (non-hydrogen) atoms. The van der Waals surface area contributed by atoms with Gasteiger partial charge in [0, 0.05) is 31.4 Å². The Balaban J connectivity index is 1.49. The van der Waals surface area contributed by atoms with Crippen molar-refractivity contribution < 1.29 is 18.0 Å². The number of rotatable bonds is 5. The number of carbonyl (C=O) groups excluding carboxylic acids is 1. The van der Waals surface area contributed by atoms with Gasteiger partial charge in [0.25, 0.3) is 0 Å². The second-order valence-electron chi connectivity index (χ2n) is 7.69. The summed E-state index contributed by atoms with van der Waals surface area (Å²) in [6.45, 7) is 0.885. The number of alkyl halides is 3.